The van der Waals surface area contributed by atoms with E-state index in [0.29, 0.717) is 0 Å². The van der Waals surface area contributed by atoms with Crippen LogP contribution in [0.5, 0.6) is 0 Å². The van der Waals surface area contributed by atoms with E-state index in [-0.39, 0.29) is 10.5 Å². The quantitative estimate of drug-likeness (QED) is 0.840. The second kappa shape index (κ2) is 6.52. The van der Waals surface area contributed by atoms with Gasteiger partial charge in [0.2, 0.25) is 10.0 Å². The predicted octanol–water partition coefficient (Wildman–Crippen LogP) is 3.54. The number of hydrogen-bond acceptors (Lipinski definition) is 3. The molecule has 0 amide bonds. The van der Waals surface area contributed by atoms with E-state index in [1.54, 1.807) is 13.0 Å². The van der Waals surface area contributed by atoms with Gasteiger partial charge in [-0.1, -0.05) is 12.1 Å². The van der Waals surface area contributed by atoms with Gasteiger partial charge in [0.15, 0.2) is 0 Å². The number of aromatic nitrogens is 1. The molecule has 0 saturated carbocycles. The highest BCUT2D eigenvalue weighted by atomic mass is 32.2. The number of halogens is 3. The molecule has 0 N–H and O–H groups in total. The molecule has 0 bridgehead atoms. The van der Waals surface area contributed by atoms with Gasteiger partial charge in [-0.25, -0.2) is 8.42 Å². The van der Waals surface area contributed by atoms with Gasteiger partial charge in [0.25, 0.3) is 0 Å². The highest BCUT2D eigenvalue weighted by molar-refractivity contribution is 7.89. The minimum Gasteiger partial charge on any atom is -0.251 e. The summed E-state index contributed by atoms with van der Waals surface area (Å²) in [6.07, 6.45) is -3.61. The summed E-state index contributed by atoms with van der Waals surface area (Å²) in [5, 5.41) is 0. The largest absolute Gasteiger partial charge is 0.433 e. The van der Waals surface area contributed by atoms with Crippen LogP contribution < -0.4 is 0 Å². The highest BCUT2D eigenvalue weighted by Crippen LogP contribution is 2.31. The molecule has 0 aliphatic rings. The molecule has 24 heavy (non-hydrogen) atoms. The molecular weight excluding hydrogens is 341 g/mol. The summed E-state index contributed by atoms with van der Waals surface area (Å²) in [6.45, 7) is 3.20. The van der Waals surface area contributed by atoms with Gasteiger partial charge in [0.1, 0.15) is 5.69 Å². The van der Waals surface area contributed by atoms with Crippen LogP contribution in [0, 0.1) is 13.8 Å². The maximum atomic E-state index is 13.0. The monoisotopic (exact) mass is 358 g/mol. The van der Waals surface area contributed by atoms with E-state index in [9.17, 15) is 21.6 Å². The summed E-state index contributed by atoms with van der Waals surface area (Å²) in [4.78, 5) is 3.38. The van der Waals surface area contributed by atoms with E-state index in [0.717, 1.165) is 21.6 Å². The molecule has 0 aliphatic carbocycles. The molecule has 0 spiro atoms. The van der Waals surface area contributed by atoms with Crippen LogP contribution in [0.4, 0.5) is 13.2 Å². The summed E-state index contributed by atoms with van der Waals surface area (Å²) in [5.74, 6) is 0. The lowest BCUT2D eigenvalue weighted by atomic mass is 10.1. The van der Waals surface area contributed by atoms with Crippen LogP contribution in [0.1, 0.15) is 22.4 Å². The van der Waals surface area contributed by atoms with E-state index in [1.165, 1.54) is 31.3 Å². The molecule has 0 saturated heterocycles. The number of pyridine rings is 1. The van der Waals surface area contributed by atoms with Crippen molar-refractivity contribution >= 4 is 10.0 Å². The zero-order valence-corrected chi connectivity index (χ0v) is 14.2. The molecule has 2 aromatic rings. The van der Waals surface area contributed by atoms with Gasteiger partial charge >= 0.3 is 6.18 Å². The molecule has 0 fully saturated rings. The van der Waals surface area contributed by atoms with Crippen molar-refractivity contribution in [1.82, 2.24) is 9.29 Å². The minimum absolute atomic E-state index is 0.0468. The molecule has 4 nitrogen and oxygen atoms in total. The van der Waals surface area contributed by atoms with Crippen LogP contribution in [0.15, 0.2) is 41.4 Å². The first-order valence-electron chi connectivity index (χ1n) is 7.08. The van der Waals surface area contributed by atoms with Gasteiger partial charge in [0, 0.05) is 19.8 Å². The predicted molar refractivity (Wildman–Crippen MR) is 83.8 cm³/mol. The Morgan fingerprint density at radius 1 is 1.12 bits per heavy atom. The van der Waals surface area contributed by atoms with E-state index in [2.05, 4.69) is 4.98 Å². The molecule has 0 aliphatic heterocycles. The maximum Gasteiger partial charge on any atom is 0.433 e. The zero-order chi connectivity index (χ0) is 18.1. The first-order chi connectivity index (χ1) is 11.0. The Labute approximate surface area is 139 Å². The summed E-state index contributed by atoms with van der Waals surface area (Å²) in [6, 6.07) is 7.20. The third kappa shape index (κ3) is 3.76. The maximum absolute atomic E-state index is 13.0. The van der Waals surface area contributed by atoms with Crippen LogP contribution >= 0.6 is 0 Å². The van der Waals surface area contributed by atoms with E-state index in [4.69, 9.17) is 0 Å². The molecular formula is C16H17F3N2O2S. The van der Waals surface area contributed by atoms with E-state index in [1.807, 2.05) is 6.92 Å². The standard InChI is InChI=1S/C16H17F3N2O2S/c1-11-6-7-14(9-12(11)2)24(22,23)21(3)10-13-5-4-8-20-15(13)16(17,18)19/h4-9H,10H2,1-3H3. The van der Waals surface area contributed by atoms with Gasteiger partial charge in [-0.3, -0.25) is 4.98 Å². The fourth-order valence-corrected chi connectivity index (χ4v) is 3.44. The van der Waals surface area contributed by atoms with E-state index >= 15 is 0 Å². The van der Waals surface area contributed by atoms with Crippen molar-refractivity contribution in [3.8, 4) is 0 Å². The second-order valence-electron chi connectivity index (χ2n) is 5.52. The highest BCUT2D eigenvalue weighted by Gasteiger charge is 2.36. The summed E-state index contributed by atoms with van der Waals surface area (Å²) in [5.41, 5.74) is 0.456. The number of nitrogens with zero attached hydrogens (tertiary/aromatic N) is 2. The smallest absolute Gasteiger partial charge is 0.251 e. The summed E-state index contributed by atoms with van der Waals surface area (Å²) < 4.78 is 65.0. The Morgan fingerprint density at radius 2 is 1.79 bits per heavy atom. The van der Waals surface area contributed by atoms with Crippen molar-refractivity contribution in [2.24, 2.45) is 0 Å². The van der Waals surface area contributed by atoms with Gasteiger partial charge in [-0.2, -0.15) is 17.5 Å². The first-order valence-corrected chi connectivity index (χ1v) is 8.52. The average Bonchev–Trinajstić information content (AvgIpc) is 2.49. The molecule has 0 radical (unpaired) electrons. The lowest BCUT2D eigenvalue weighted by molar-refractivity contribution is -0.142. The van der Waals surface area contributed by atoms with Gasteiger partial charge in [-0.15, -0.1) is 0 Å². The molecule has 0 unspecified atom stereocenters. The van der Waals surface area contributed by atoms with Crippen molar-refractivity contribution < 1.29 is 21.6 Å². The number of benzene rings is 1. The Balaban J connectivity index is 2.36. The Bertz CT molecular complexity index is 849. The third-order valence-electron chi connectivity index (χ3n) is 3.74. The zero-order valence-electron chi connectivity index (χ0n) is 13.4. The van der Waals surface area contributed by atoms with Crippen LogP contribution in [0.25, 0.3) is 0 Å². The molecule has 1 aromatic carbocycles. The van der Waals surface area contributed by atoms with Gasteiger partial charge < -0.3 is 0 Å². The SMILES string of the molecule is Cc1ccc(S(=O)(=O)N(C)Cc2cccnc2C(F)(F)F)cc1C. The summed E-state index contributed by atoms with van der Waals surface area (Å²) >= 11 is 0. The lowest BCUT2D eigenvalue weighted by Gasteiger charge is -2.20. The normalized spacial score (nSPS) is 12.6. The first kappa shape index (κ1) is 18.4. The minimum atomic E-state index is -4.64. The Hall–Kier alpha value is -1.93. The fourth-order valence-electron chi connectivity index (χ4n) is 2.20. The Kier molecular flexibility index (Phi) is 5.00. The molecule has 2 rings (SSSR count). The number of alkyl halides is 3. The molecule has 0 atom stereocenters. The van der Waals surface area contributed by atoms with Crippen molar-refractivity contribution in [2.75, 3.05) is 7.05 Å². The van der Waals surface area contributed by atoms with Crippen LogP contribution in [-0.2, 0) is 22.7 Å². The van der Waals surface area contributed by atoms with Crippen LogP contribution in [0.2, 0.25) is 0 Å². The number of sulfonamides is 1. The van der Waals surface area contributed by atoms with Gasteiger partial charge in [-0.05, 0) is 48.7 Å². The number of aryl methyl sites for hydroxylation is 2. The number of rotatable bonds is 4. The molecule has 1 aromatic heterocycles. The van der Waals surface area contributed by atoms with Crippen molar-refractivity contribution in [2.45, 2.75) is 31.5 Å². The average molecular weight is 358 g/mol. The summed E-state index contributed by atoms with van der Waals surface area (Å²) in [7, 11) is -2.65. The Morgan fingerprint density at radius 3 is 2.38 bits per heavy atom. The van der Waals surface area contributed by atoms with Crippen molar-refractivity contribution in [1.29, 1.82) is 0 Å². The van der Waals surface area contributed by atoms with Crippen molar-refractivity contribution in [3.05, 3.63) is 58.9 Å². The lowest BCUT2D eigenvalue weighted by Crippen LogP contribution is -2.28. The third-order valence-corrected chi connectivity index (χ3v) is 5.54. The second-order valence-corrected chi connectivity index (χ2v) is 7.56. The topological polar surface area (TPSA) is 50.3 Å². The molecule has 1 heterocycles. The van der Waals surface area contributed by atoms with E-state index < -0.39 is 28.4 Å². The van der Waals surface area contributed by atoms with Crippen LogP contribution in [0.3, 0.4) is 0 Å². The van der Waals surface area contributed by atoms with Crippen LogP contribution in [-0.4, -0.2) is 24.8 Å². The van der Waals surface area contributed by atoms with Crippen molar-refractivity contribution in [3.63, 3.8) is 0 Å². The van der Waals surface area contributed by atoms with Gasteiger partial charge in [0.05, 0.1) is 4.90 Å². The molecule has 8 heteroatoms. The molecule has 130 valence electrons. The fraction of sp³-hybridized carbons (Fsp3) is 0.312. The number of hydrogen-bond donors (Lipinski definition) is 0.